The molecule has 1 aliphatic rings. The molecule has 0 saturated carbocycles. The van der Waals surface area contributed by atoms with Gasteiger partial charge in [0, 0.05) is 7.05 Å². The van der Waals surface area contributed by atoms with Crippen LogP contribution in [-0.2, 0) is 4.79 Å². The Morgan fingerprint density at radius 3 is 2.85 bits per heavy atom. The summed E-state index contributed by atoms with van der Waals surface area (Å²) in [5.74, 6) is 0.774. The van der Waals surface area contributed by atoms with Crippen LogP contribution >= 0.6 is 0 Å². The Kier molecular flexibility index (Phi) is 1.72. The highest BCUT2D eigenvalue weighted by molar-refractivity contribution is 5.99. The monoisotopic (exact) mass is 177 g/mol. The number of ether oxygens (including phenoxy) is 1. The van der Waals surface area contributed by atoms with Gasteiger partial charge in [-0.1, -0.05) is 12.1 Å². The molecular formula is C10H11NO2. The molecule has 13 heavy (non-hydrogen) atoms. The average molecular weight is 177 g/mol. The van der Waals surface area contributed by atoms with Crippen molar-refractivity contribution in [2.75, 3.05) is 11.9 Å². The highest BCUT2D eigenvalue weighted by Gasteiger charge is 2.27. The average Bonchev–Trinajstić information content (AvgIpc) is 2.15. The number of likely N-dealkylation sites (N-methyl/N-ethyl adjacent to an activating group) is 1. The Morgan fingerprint density at radius 2 is 2.08 bits per heavy atom. The number of rotatable bonds is 0. The highest BCUT2D eigenvalue weighted by atomic mass is 16.5. The summed E-state index contributed by atoms with van der Waals surface area (Å²) in [7, 11) is 1.76. The van der Waals surface area contributed by atoms with E-state index in [1.54, 1.807) is 18.9 Å². The lowest BCUT2D eigenvalue weighted by Gasteiger charge is -2.29. The summed E-state index contributed by atoms with van der Waals surface area (Å²) in [5, 5.41) is 0. The molecule has 0 aromatic heterocycles. The lowest BCUT2D eigenvalue weighted by atomic mass is 10.2. The second-order valence-electron chi connectivity index (χ2n) is 3.13. The van der Waals surface area contributed by atoms with Crippen LogP contribution in [0.5, 0.6) is 5.75 Å². The normalized spacial score (nSPS) is 20.9. The molecule has 0 saturated heterocycles. The van der Waals surface area contributed by atoms with Crippen molar-refractivity contribution in [2.45, 2.75) is 13.0 Å². The van der Waals surface area contributed by atoms with Gasteiger partial charge in [-0.05, 0) is 19.1 Å². The number of carbonyl (C=O) groups excluding carboxylic acids is 1. The number of carbonyl (C=O) groups is 1. The summed E-state index contributed by atoms with van der Waals surface area (Å²) in [6.45, 7) is 1.76. The molecule has 68 valence electrons. The van der Waals surface area contributed by atoms with Crippen LogP contribution in [0.1, 0.15) is 6.92 Å². The summed E-state index contributed by atoms with van der Waals surface area (Å²) >= 11 is 0. The first-order valence-electron chi connectivity index (χ1n) is 4.23. The van der Waals surface area contributed by atoms with E-state index in [4.69, 9.17) is 4.74 Å². The molecule has 1 amide bonds. The minimum absolute atomic E-state index is 0.00120. The number of fused-ring (bicyclic) bond motifs is 1. The van der Waals surface area contributed by atoms with Gasteiger partial charge in [-0.2, -0.15) is 0 Å². The molecule has 3 nitrogen and oxygen atoms in total. The van der Waals surface area contributed by atoms with Crippen LogP contribution in [0.2, 0.25) is 0 Å². The molecule has 1 heterocycles. The van der Waals surface area contributed by atoms with Gasteiger partial charge in [0.2, 0.25) is 0 Å². The lowest BCUT2D eigenvalue weighted by molar-refractivity contribution is -0.125. The molecule has 2 rings (SSSR count). The zero-order valence-electron chi connectivity index (χ0n) is 7.65. The number of para-hydroxylation sites is 2. The maximum Gasteiger partial charge on any atom is 0.267 e. The van der Waals surface area contributed by atoms with Crippen molar-refractivity contribution in [2.24, 2.45) is 0 Å². The second kappa shape index (κ2) is 2.76. The van der Waals surface area contributed by atoms with Gasteiger partial charge in [0.1, 0.15) is 5.75 Å². The van der Waals surface area contributed by atoms with Crippen molar-refractivity contribution in [1.29, 1.82) is 0 Å². The topological polar surface area (TPSA) is 29.5 Å². The Balaban J connectivity index is 2.49. The zero-order chi connectivity index (χ0) is 9.42. The van der Waals surface area contributed by atoms with Crippen molar-refractivity contribution in [3.63, 3.8) is 0 Å². The molecule has 0 radical (unpaired) electrons. The first-order chi connectivity index (χ1) is 6.20. The second-order valence-corrected chi connectivity index (χ2v) is 3.13. The number of benzene rings is 1. The van der Waals surface area contributed by atoms with Crippen LogP contribution in [0.15, 0.2) is 24.3 Å². The van der Waals surface area contributed by atoms with E-state index >= 15 is 0 Å². The maximum atomic E-state index is 11.5. The van der Waals surface area contributed by atoms with Gasteiger partial charge >= 0.3 is 0 Å². The minimum atomic E-state index is -0.375. The number of amides is 1. The number of nitrogens with zero attached hydrogens (tertiary/aromatic N) is 1. The minimum Gasteiger partial charge on any atom is -0.479 e. The molecule has 3 heteroatoms. The van der Waals surface area contributed by atoms with E-state index in [2.05, 4.69) is 0 Å². The van der Waals surface area contributed by atoms with E-state index in [9.17, 15) is 4.79 Å². The van der Waals surface area contributed by atoms with Crippen LogP contribution in [0.4, 0.5) is 5.69 Å². The van der Waals surface area contributed by atoms with Gasteiger partial charge in [-0.25, -0.2) is 0 Å². The predicted octanol–water partition coefficient (Wildman–Crippen LogP) is 1.43. The van der Waals surface area contributed by atoms with Gasteiger partial charge in [0.15, 0.2) is 6.10 Å². The Hall–Kier alpha value is -1.51. The van der Waals surface area contributed by atoms with Crippen LogP contribution in [0, 0.1) is 0 Å². The van der Waals surface area contributed by atoms with Gasteiger partial charge in [-0.15, -0.1) is 0 Å². The third-order valence-electron chi connectivity index (χ3n) is 2.21. The Bertz CT molecular complexity index is 349. The van der Waals surface area contributed by atoms with Crippen LogP contribution in [0.3, 0.4) is 0 Å². The lowest BCUT2D eigenvalue weighted by Crippen LogP contribution is -2.41. The zero-order valence-corrected chi connectivity index (χ0v) is 7.65. The standard InChI is InChI=1S/C10H11NO2/c1-7-10(12)11(2)8-5-3-4-6-9(8)13-7/h3-7H,1-2H3/t7-/m1/s1. The van der Waals surface area contributed by atoms with E-state index in [1.807, 2.05) is 24.3 Å². The SMILES string of the molecule is C[C@H]1Oc2ccccc2N(C)C1=O. The molecule has 0 fully saturated rings. The van der Waals surface area contributed by atoms with Crippen LogP contribution < -0.4 is 9.64 Å². The molecular weight excluding hydrogens is 166 g/mol. The van der Waals surface area contributed by atoms with E-state index in [1.165, 1.54) is 0 Å². The van der Waals surface area contributed by atoms with E-state index < -0.39 is 0 Å². The first kappa shape index (κ1) is 8.10. The molecule has 1 atom stereocenters. The van der Waals surface area contributed by atoms with Crippen molar-refractivity contribution < 1.29 is 9.53 Å². The fourth-order valence-corrected chi connectivity index (χ4v) is 1.47. The highest BCUT2D eigenvalue weighted by Crippen LogP contribution is 2.32. The van der Waals surface area contributed by atoms with E-state index in [-0.39, 0.29) is 12.0 Å². The van der Waals surface area contributed by atoms with Gasteiger partial charge in [0.25, 0.3) is 5.91 Å². The third-order valence-corrected chi connectivity index (χ3v) is 2.21. The number of anilines is 1. The quantitative estimate of drug-likeness (QED) is 0.600. The molecule has 0 spiro atoms. The fourth-order valence-electron chi connectivity index (χ4n) is 1.47. The number of hydrogen-bond donors (Lipinski definition) is 0. The van der Waals surface area contributed by atoms with Gasteiger partial charge < -0.3 is 9.64 Å². The third kappa shape index (κ3) is 1.16. The Morgan fingerprint density at radius 1 is 1.38 bits per heavy atom. The summed E-state index contributed by atoms with van der Waals surface area (Å²) in [6.07, 6.45) is -0.375. The number of hydrogen-bond acceptors (Lipinski definition) is 2. The summed E-state index contributed by atoms with van der Waals surface area (Å²) in [5.41, 5.74) is 0.839. The molecule has 0 aliphatic carbocycles. The fraction of sp³-hybridized carbons (Fsp3) is 0.300. The Labute approximate surface area is 76.9 Å². The first-order valence-corrected chi connectivity index (χ1v) is 4.23. The van der Waals surface area contributed by atoms with Crippen LogP contribution in [-0.4, -0.2) is 19.1 Å². The smallest absolute Gasteiger partial charge is 0.267 e. The predicted molar refractivity (Wildman–Crippen MR) is 49.9 cm³/mol. The largest absolute Gasteiger partial charge is 0.479 e. The maximum absolute atomic E-state index is 11.5. The van der Waals surface area contributed by atoms with E-state index in [0.29, 0.717) is 0 Å². The van der Waals surface area contributed by atoms with Crippen molar-refractivity contribution in [1.82, 2.24) is 0 Å². The summed E-state index contributed by atoms with van der Waals surface area (Å²) in [6, 6.07) is 7.53. The van der Waals surface area contributed by atoms with Crippen LogP contribution in [0.25, 0.3) is 0 Å². The molecule has 1 aliphatic heterocycles. The van der Waals surface area contributed by atoms with Gasteiger partial charge in [0.05, 0.1) is 5.69 Å². The summed E-state index contributed by atoms with van der Waals surface area (Å²) < 4.78 is 5.42. The molecule has 0 bridgehead atoms. The van der Waals surface area contributed by atoms with E-state index in [0.717, 1.165) is 11.4 Å². The van der Waals surface area contributed by atoms with Gasteiger partial charge in [-0.3, -0.25) is 4.79 Å². The molecule has 1 aromatic rings. The van der Waals surface area contributed by atoms with Crippen molar-refractivity contribution in [3.05, 3.63) is 24.3 Å². The van der Waals surface area contributed by atoms with Crippen molar-refractivity contribution >= 4 is 11.6 Å². The van der Waals surface area contributed by atoms with Crippen molar-refractivity contribution in [3.8, 4) is 5.75 Å². The molecule has 1 aromatic carbocycles. The molecule has 0 unspecified atom stereocenters. The summed E-state index contributed by atoms with van der Waals surface area (Å²) in [4.78, 5) is 13.1. The molecule has 0 N–H and O–H groups in total.